The highest BCUT2D eigenvalue weighted by Gasteiger charge is 2.27. The summed E-state index contributed by atoms with van der Waals surface area (Å²) in [6.45, 7) is 9.49. The molecule has 1 amide bonds. The van der Waals surface area contributed by atoms with Gasteiger partial charge in [-0.25, -0.2) is 4.98 Å². The second-order valence-corrected chi connectivity index (χ2v) is 8.81. The van der Waals surface area contributed by atoms with Gasteiger partial charge in [-0.3, -0.25) is 14.7 Å². The van der Waals surface area contributed by atoms with Crippen molar-refractivity contribution in [3.05, 3.63) is 65.9 Å². The number of fused-ring (bicyclic) bond motifs is 1. The van der Waals surface area contributed by atoms with E-state index in [0.29, 0.717) is 18.0 Å². The first-order chi connectivity index (χ1) is 13.9. The molecule has 6 heteroatoms. The molecule has 0 atom stereocenters. The minimum atomic E-state index is -0.0772. The van der Waals surface area contributed by atoms with Crippen LogP contribution < -0.4 is 5.32 Å². The summed E-state index contributed by atoms with van der Waals surface area (Å²) in [7, 11) is 0. The number of carbonyl (C=O) groups excluding carboxylic acids is 1. The van der Waals surface area contributed by atoms with Crippen LogP contribution in [0, 0.1) is 0 Å². The molecule has 0 aliphatic carbocycles. The number of likely N-dealkylation sites (tertiary alicyclic amines) is 1. The summed E-state index contributed by atoms with van der Waals surface area (Å²) in [5.74, 6) is 0.503. The number of benzene rings is 1. The molecule has 1 aromatic carbocycles. The third-order valence-electron chi connectivity index (χ3n) is 5.85. The van der Waals surface area contributed by atoms with E-state index in [1.54, 1.807) is 12.4 Å². The fourth-order valence-electron chi connectivity index (χ4n) is 4.02. The minimum absolute atomic E-state index is 0.0772. The Morgan fingerprint density at radius 1 is 1.14 bits per heavy atom. The van der Waals surface area contributed by atoms with Gasteiger partial charge in [0.1, 0.15) is 0 Å². The molecule has 3 aromatic rings. The van der Waals surface area contributed by atoms with Crippen molar-refractivity contribution >= 4 is 11.6 Å². The molecule has 1 N–H and O–H groups in total. The van der Waals surface area contributed by atoms with Crippen LogP contribution in [0.1, 0.15) is 61.1 Å². The third-order valence-corrected chi connectivity index (χ3v) is 5.85. The molecule has 2 aromatic heterocycles. The zero-order valence-electron chi connectivity index (χ0n) is 17.4. The maximum Gasteiger partial charge on any atom is 0.251 e. The zero-order chi connectivity index (χ0) is 20.4. The number of hydrogen-bond acceptors (Lipinski definition) is 4. The lowest BCUT2D eigenvalue weighted by Gasteiger charge is -2.41. The van der Waals surface area contributed by atoms with Crippen molar-refractivity contribution in [2.45, 2.75) is 51.6 Å². The molecule has 1 aliphatic heterocycles. The predicted molar refractivity (Wildman–Crippen MR) is 114 cm³/mol. The summed E-state index contributed by atoms with van der Waals surface area (Å²) in [5.41, 5.74) is 3.85. The van der Waals surface area contributed by atoms with Gasteiger partial charge in [-0.1, -0.05) is 12.1 Å². The molecule has 1 aliphatic rings. The summed E-state index contributed by atoms with van der Waals surface area (Å²) in [4.78, 5) is 23.6. The van der Waals surface area contributed by atoms with E-state index in [4.69, 9.17) is 0 Å². The Bertz CT molecular complexity index is 978. The first-order valence-corrected chi connectivity index (χ1v) is 10.3. The summed E-state index contributed by atoms with van der Waals surface area (Å²) in [6, 6.07) is 8.10. The van der Waals surface area contributed by atoms with Crippen LogP contribution in [0.4, 0.5) is 0 Å². The predicted octanol–water partition coefficient (Wildman–Crippen LogP) is 3.64. The zero-order valence-corrected chi connectivity index (χ0v) is 17.4. The van der Waals surface area contributed by atoms with Crippen LogP contribution in [0.25, 0.3) is 5.65 Å². The first-order valence-electron chi connectivity index (χ1n) is 10.3. The molecule has 3 heterocycles. The standard InChI is InChI=1S/C23H29N5O/c1-23(2,3)28-11-8-18(9-12-28)17-4-6-19(7-5-17)22(29)26-14-20-16-27-13-10-24-21(27)15-25-20/h4-7,10,13,15-16,18H,8-9,11-12,14H2,1-3H3,(H,26,29). The van der Waals surface area contributed by atoms with Crippen LogP contribution in [0.15, 0.2) is 49.1 Å². The second kappa shape index (κ2) is 7.95. The van der Waals surface area contributed by atoms with Crippen molar-refractivity contribution in [1.29, 1.82) is 0 Å². The Morgan fingerprint density at radius 3 is 2.55 bits per heavy atom. The van der Waals surface area contributed by atoms with E-state index in [1.165, 1.54) is 18.4 Å². The topological polar surface area (TPSA) is 62.5 Å². The largest absolute Gasteiger partial charge is 0.346 e. The number of aromatic nitrogens is 3. The lowest BCUT2D eigenvalue weighted by atomic mass is 9.87. The van der Waals surface area contributed by atoms with Crippen molar-refractivity contribution in [3.63, 3.8) is 0 Å². The van der Waals surface area contributed by atoms with Crippen LogP contribution in [0.3, 0.4) is 0 Å². The fourth-order valence-corrected chi connectivity index (χ4v) is 4.02. The maximum absolute atomic E-state index is 12.5. The van der Waals surface area contributed by atoms with Gasteiger partial charge in [0.15, 0.2) is 5.65 Å². The van der Waals surface area contributed by atoms with Gasteiger partial charge < -0.3 is 9.72 Å². The van der Waals surface area contributed by atoms with Crippen LogP contribution in [0.2, 0.25) is 0 Å². The number of piperidine rings is 1. The third kappa shape index (κ3) is 4.48. The molecule has 0 unspecified atom stereocenters. The van der Waals surface area contributed by atoms with Gasteiger partial charge in [0.05, 0.1) is 18.4 Å². The number of rotatable bonds is 4. The number of imidazole rings is 1. The molecule has 29 heavy (non-hydrogen) atoms. The molecule has 1 saturated heterocycles. The minimum Gasteiger partial charge on any atom is -0.346 e. The molecular weight excluding hydrogens is 362 g/mol. The summed E-state index contributed by atoms with van der Waals surface area (Å²) >= 11 is 0. The van der Waals surface area contributed by atoms with E-state index in [9.17, 15) is 4.79 Å². The lowest BCUT2D eigenvalue weighted by molar-refractivity contribution is 0.0949. The number of hydrogen-bond donors (Lipinski definition) is 1. The molecule has 0 radical (unpaired) electrons. The van der Waals surface area contributed by atoms with Gasteiger partial charge in [-0.05, 0) is 70.3 Å². The Morgan fingerprint density at radius 2 is 1.86 bits per heavy atom. The van der Waals surface area contributed by atoms with Gasteiger partial charge in [0.25, 0.3) is 5.91 Å². The van der Waals surface area contributed by atoms with E-state index in [2.05, 4.69) is 53.1 Å². The molecular formula is C23H29N5O. The van der Waals surface area contributed by atoms with Crippen molar-refractivity contribution in [1.82, 2.24) is 24.6 Å². The first kappa shape index (κ1) is 19.6. The van der Waals surface area contributed by atoms with Crippen LogP contribution in [-0.4, -0.2) is 43.8 Å². The summed E-state index contributed by atoms with van der Waals surface area (Å²) in [5, 5.41) is 2.95. The Labute approximate surface area is 172 Å². The number of carbonyl (C=O) groups is 1. The number of amides is 1. The highest BCUT2D eigenvalue weighted by Crippen LogP contribution is 2.31. The Hall–Kier alpha value is -2.73. The van der Waals surface area contributed by atoms with Gasteiger partial charge in [0.2, 0.25) is 0 Å². The van der Waals surface area contributed by atoms with Gasteiger partial charge >= 0.3 is 0 Å². The summed E-state index contributed by atoms with van der Waals surface area (Å²) in [6.07, 6.45) is 9.54. The number of nitrogens with zero attached hydrogens (tertiary/aromatic N) is 4. The van der Waals surface area contributed by atoms with E-state index >= 15 is 0 Å². The van der Waals surface area contributed by atoms with Gasteiger partial charge in [-0.15, -0.1) is 0 Å². The van der Waals surface area contributed by atoms with Crippen LogP contribution in [0.5, 0.6) is 0 Å². The van der Waals surface area contributed by atoms with E-state index in [-0.39, 0.29) is 11.4 Å². The van der Waals surface area contributed by atoms with E-state index in [0.717, 1.165) is 24.4 Å². The average Bonchev–Trinajstić information content (AvgIpc) is 3.19. The molecule has 152 valence electrons. The molecule has 4 rings (SSSR count). The SMILES string of the molecule is CC(C)(C)N1CCC(c2ccc(C(=O)NCc3cn4ccnc4cn3)cc2)CC1. The Balaban J connectivity index is 1.33. The average molecular weight is 392 g/mol. The molecule has 0 bridgehead atoms. The lowest BCUT2D eigenvalue weighted by Crippen LogP contribution is -2.45. The molecule has 0 saturated carbocycles. The number of nitrogens with one attached hydrogen (secondary N) is 1. The molecule has 1 fully saturated rings. The monoisotopic (exact) mass is 391 g/mol. The van der Waals surface area contributed by atoms with Gasteiger partial charge in [0, 0.05) is 29.7 Å². The van der Waals surface area contributed by atoms with Crippen LogP contribution in [-0.2, 0) is 6.54 Å². The smallest absolute Gasteiger partial charge is 0.251 e. The van der Waals surface area contributed by atoms with E-state index in [1.807, 2.05) is 28.9 Å². The van der Waals surface area contributed by atoms with E-state index < -0.39 is 0 Å². The Kier molecular flexibility index (Phi) is 5.37. The van der Waals surface area contributed by atoms with Crippen molar-refractivity contribution < 1.29 is 4.79 Å². The normalized spacial score (nSPS) is 16.2. The van der Waals surface area contributed by atoms with Gasteiger partial charge in [-0.2, -0.15) is 0 Å². The maximum atomic E-state index is 12.5. The quantitative estimate of drug-likeness (QED) is 0.738. The molecule has 6 nitrogen and oxygen atoms in total. The van der Waals surface area contributed by atoms with Crippen LogP contribution >= 0.6 is 0 Å². The van der Waals surface area contributed by atoms with Crippen molar-refractivity contribution in [3.8, 4) is 0 Å². The highest BCUT2D eigenvalue weighted by atomic mass is 16.1. The second-order valence-electron chi connectivity index (χ2n) is 8.81. The highest BCUT2D eigenvalue weighted by molar-refractivity contribution is 5.94. The summed E-state index contributed by atoms with van der Waals surface area (Å²) < 4.78 is 1.90. The van der Waals surface area contributed by atoms with Crippen molar-refractivity contribution in [2.75, 3.05) is 13.1 Å². The molecule has 0 spiro atoms. The fraction of sp³-hybridized carbons (Fsp3) is 0.435. The van der Waals surface area contributed by atoms with Crippen molar-refractivity contribution in [2.24, 2.45) is 0 Å².